The number of anilines is 1. The Balaban J connectivity index is 1.88. The molecule has 0 saturated heterocycles. The van der Waals surface area contributed by atoms with E-state index < -0.39 is 0 Å². The monoisotopic (exact) mass is 275 g/mol. The van der Waals surface area contributed by atoms with Gasteiger partial charge in [0, 0.05) is 11.3 Å². The Labute approximate surface area is 116 Å². The molecule has 0 radical (unpaired) electrons. The number of nitrogens with one attached hydrogen (secondary N) is 2. The van der Waals surface area contributed by atoms with E-state index in [2.05, 4.69) is 15.8 Å². The first-order valence-corrected chi connectivity index (χ1v) is 6.79. The molecular formula is C13H13N3S2. The van der Waals surface area contributed by atoms with Gasteiger partial charge in [-0.15, -0.1) is 0 Å². The molecule has 0 atom stereocenters. The Morgan fingerprint density at radius 2 is 2.17 bits per heavy atom. The van der Waals surface area contributed by atoms with E-state index in [-0.39, 0.29) is 0 Å². The van der Waals surface area contributed by atoms with Gasteiger partial charge in [0.1, 0.15) is 0 Å². The molecule has 2 rings (SSSR count). The summed E-state index contributed by atoms with van der Waals surface area (Å²) < 4.78 is 0. The second kappa shape index (κ2) is 6.28. The van der Waals surface area contributed by atoms with Crippen LogP contribution in [0.3, 0.4) is 0 Å². The average molecular weight is 275 g/mol. The van der Waals surface area contributed by atoms with Crippen molar-refractivity contribution in [3.8, 4) is 0 Å². The molecule has 5 heteroatoms. The van der Waals surface area contributed by atoms with E-state index in [9.17, 15) is 0 Å². The summed E-state index contributed by atoms with van der Waals surface area (Å²) in [5.41, 5.74) is 5.98. The van der Waals surface area contributed by atoms with Crippen LogP contribution in [0.1, 0.15) is 11.1 Å². The fourth-order valence-corrected chi connectivity index (χ4v) is 2.15. The maximum Gasteiger partial charge on any atom is 0.191 e. The predicted molar refractivity (Wildman–Crippen MR) is 82.4 cm³/mol. The highest BCUT2D eigenvalue weighted by molar-refractivity contribution is 7.80. The van der Waals surface area contributed by atoms with Gasteiger partial charge in [0.05, 0.1) is 6.21 Å². The van der Waals surface area contributed by atoms with E-state index in [4.69, 9.17) is 12.2 Å². The summed E-state index contributed by atoms with van der Waals surface area (Å²) >= 11 is 6.79. The number of aryl methyl sites for hydroxylation is 1. The zero-order chi connectivity index (χ0) is 12.8. The molecule has 0 unspecified atom stereocenters. The van der Waals surface area contributed by atoms with Crippen LogP contribution in [0.4, 0.5) is 5.69 Å². The molecule has 0 aliphatic carbocycles. The Hall–Kier alpha value is -1.72. The molecule has 0 fully saturated rings. The number of rotatable bonds is 3. The van der Waals surface area contributed by atoms with Crippen molar-refractivity contribution in [2.24, 2.45) is 5.10 Å². The van der Waals surface area contributed by atoms with Gasteiger partial charge in [-0.3, -0.25) is 5.43 Å². The SMILES string of the molecule is Cc1ccccc1NC(=S)N/N=C\c1ccsc1. The maximum absolute atomic E-state index is 5.16. The molecule has 1 aromatic carbocycles. The standard InChI is InChI=1S/C13H13N3S2/c1-10-4-2-3-5-12(10)15-13(17)16-14-8-11-6-7-18-9-11/h2-9H,1H3,(H2,15,16,17)/b14-8-. The van der Waals surface area contributed by atoms with Gasteiger partial charge >= 0.3 is 0 Å². The van der Waals surface area contributed by atoms with Crippen LogP contribution in [-0.4, -0.2) is 11.3 Å². The third kappa shape index (κ3) is 3.65. The van der Waals surface area contributed by atoms with Crippen molar-refractivity contribution in [1.82, 2.24) is 5.43 Å². The fourth-order valence-electron chi connectivity index (χ4n) is 1.38. The lowest BCUT2D eigenvalue weighted by molar-refractivity contribution is 1.05. The van der Waals surface area contributed by atoms with Crippen molar-refractivity contribution < 1.29 is 0 Å². The van der Waals surface area contributed by atoms with E-state index in [0.29, 0.717) is 5.11 Å². The molecule has 0 amide bonds. The molecule has 1 aromatic heterocycles. The highest BCUT2D eigenvalue weighted by Crippen LogP contribution is 2.12. The highest BCUT2D eigenvalue weighted by Gasteiger charge is 1.98. The minimum absolute atomic E-state index is 0.482. The zero-order valence-electron chi connectivity index (χ0n) is 9.88. The van der Waals surface area contributed by atoms with E-state index in [1.165, 1.54) is 0 Å². The van der Waals surface area contributed by atoms with Gasteiger partial charge in [-0.05, 0) is 47.6 Å². The van der Waals surface area contributed by atoms with Crippen LogP contribution in [0.2, 0.25) is 0 Å². The van der Waals surface area contributed by atoms with Crippen molar-refractivity contribution >= 4 is 40.6 Å². The molecule has 0 bridgehead atoms. The summed E-state index contributed by atoms with van der Waals surface area (Å²) in [6.45, 7) is 2.03. The quantitative estimate of drug-likeness (QED) is 0.512. The van der Waals surface area contributed by atoms with E-state index >= 15 is 0 Å². The fraction of sp³-hybridized carbons (Fsp3) is 0.0769. The maximum atomic E-state index is 5.16. The topological polar surface area (TPSA) is 36.4 Å². The number of thiocarbonyl (C=S) groups is 1. The number of hydrazone groups is 1. The van der Waals surface area contributed by atoms with Gasteiger partial charge in [0.15, 0.2) is 5.11 Å². The zero-order valence-corrected chi connectivity index (χ0v) is 11.5. The molecule has 0 spiro atoms. The van der Waals surface area contributed by atoms with Gasteiger partial charge in [0.2, 0.25) is 0 Å². The Morgan fingerprint density at radius 3 is 2.89 bits per heavy atom. The van der Waals surface area contributed by atoms with Gasteiger partial charge < -0.3 is 5.32 Å². The van der Waals surface area contributed by atoms with Crippen LogP contribution in [0, 0.1) is 6.92 Å². The van der Waals surface area contributed by atoms with Crippen LogP contribution >= 0.6 is 23.6 Å². The smallest absolute Gasteiger partial charge is 0.191 e. The molecule has 18 heavy (non-hydrogen) atoms. The summed E-state index contributed by atoms with van der Waals surface area (Å²) in [6, 6.07) is 9.96. The molecule has 0 aliphatic rings. The summed E-state index contributed by atoms with van der Waals surface area (Å²) in [5.74, 6) is 0. The normalized spacial score (nSPS) is 10.5. The van der Waals surface area contributed by atoms with Gasteiger partial charge in [-0.25, -0.2) is 0 Å². The Bertz CT molecular complexity index is 547. The summed E-state index contributed by atoms with van der Waals surface area (Å²) in [6.07, 6.45) is 1.74. The Morgan fingerprint density at radius 1 is 1.33 bits per heavy atom. The van der Waals surface area contributed by atoms with Gasteiger partial charge in [-0.1, -0.05) is 18.2 Å². The van der Waals surface area contributed by atoms with Gasteiger partial charge in [0.25, 0.3) is 0 Å². The van der Waals surface area contributed by atoms with E-state index in [0.717, 1.165) is 16.8 Å². The summed E-state index contributed by atoms with van der Waals surface area (Å²) in [7, 11) is 0. The van der Waals surface area contributed by atoms with E-state index in [1.807, 2.05) is 48.0 Å². The molecule has 92 valence electrons. The second-order valence-electron chi connectivity index (χ2n) is 3.70. The number of thiophene rings is 1. The van der Waals surface area contributed by atoms with Crippen molar-refractivity contribution in [1.29, 1.82) is 0 Å². The van der Waals surface area contributed by atoms with E-state index in [1.54, 1.807) is 17.6 Å². The first-order chi connectivity index (χ1) is 8.75. The lowest BCUT2D eigenvalue weighted by Gasteiger charge is -2.09. The molecule has 3 nitrogen and oxygen atoms in total. The highest BCUT2D eigenvalue weighted by atomic mass is 32.1. The number of nitrogens with zero attached hydrogens (tertiary/aromatic N) is 1. The lowest BCUT2D eigenvalue weighted by atomic mass is 10.2. The first-order valence-electron chi connectivity index (χ1n) is 5.43. The second-order valence-corrected chi connectivity index (χ2v) is 4.88. The van der Waals surface area contributed by atoms with Crippen molar-refractivity contribution in [3.63, 3.8) is 0 Å². The third-order valence-corrected chi connectivity index (χ3v) is 3.21. The van der Waals surface area contributed by atoms with Crippen LogP contribution in [0.15, 0.2) is 46.2 Å². The summed E-state index contributed by atoms with van der Waals surface area (Å²) in [5, 5.41) is 11.7. The number of para-hydroxylation sites is 1. The number of hydrogen-bond donors (Lipinski definition) is 2. The molecule has 1 heterocycles. The molecule has 0 saturated carbocycles. The van der Waals surface area contributed by atoms with Crippen LogP contribution in [0.25, 0.3) is 0 Å². The minimum Gasteiger partial charge on any atom is -0.331 e. The average Bonchev–Trinajstić information content (AvgIpc) is 2.85. The number of hydrogen-bond acceptors (Lipinski definition) is 3. The molecule has 0 aliphatic heterocycles. The van der Waals surface area contributed by atoms with Crippen LogP contribution in [-0.2, 0) is 0 Å². The molecule has 2 N–H and O–H groups in total. The first kappa shape index (κ1) is 12.7. The lowest BCUT2D eigenvalue weighted by Crippen LogP contribution is -2.24. The van der Waals surface area contributed by atoms with Crippen molar-refractivity contribution in [2.75, 3.05) is 5.32 Å². The molecule has 2 aromatic rings. The van der Waals surface area contributed by atoms with Crippen LogP contribution < -0.4 is 10.7 Å². The predicted octanol–water partition coefficient (Wildman–Crippen LogP) is 3.38. The third-order valence-electron chi connectivity index (χ3n) is 2.32. The largest absolute Gasteiger partial charge is 0.331 e. The van der Waals surface area contributed by atoms with Crippen molar-refractivity contribution in [3.05, 3.63) is 52.2 Å². The molecular weight excluding hydrogens is 262 g/mol. The summed E-state index contributed by atoms with van der Waals surface area (Å²) in [4.78, 5) is 0. The minimum atomic E-state index is 0.482. The van der Waals surface area contributed by atoms with Gasteiger partial charge in [-0.2, -0.15) is 16.4 Å². The Kier molecular flexibility index (Phi) is 4.44. The van der Waals surface area contributed by atoms with Crippen molar-refractivity contribution in [2.45, 2.75) is 6.92 Å². The van der Waals surface area contributed by atoms with Crippen LogP contribution in [0.5, 0.6) is 0 Å². The number of benzene rings is 1.